The van der Waals surface area contributed by atoms with Crippen molar-refractivity contribution in [3.8, 4) is 5.75 Å². The van der Waals surface area contributed by atoms with Crippen molar-refractivity contribution in [1.29, 1.82) is 0 Å². The molecule has 1 N–H and O–H groups in total. The average molecular weight is 291 g/mol. The molecule has 2 rings (SSSR count). The van der Waals surface area contributed by atoms with Crippen molar-refractivity contribution in [3.05, 3.63) is 58.1 Å². The molecule has 0 aliphatic heterocycles. The van der Waals surface area contributed by atoms with Gasteiger partial charge < -0.3 is 9.84 Å². The predicted molar refractivity (Wildman–Crippen MR) is 76.1 cm³/mol. The number of hydrogen-bond donors (Lipinski definition) is 1. The molecule has 20 heavy (non-hydrogen) atoms. The third-order valence-corrected chi connectivity index (χ3v) is 3.81. The first kappa shape index (κ1) is 14.4. The van der Waals surface area contributed by atoms with Gasteiger partial charge in [-0.2, -0.15) is 0 Å². The molecule has 0 fully saturated rings. The fourth-order valence-electron chi connectivity index (χ4n) is 1.71. The Morgan fingerprint density at radius 1 is 1.25 bits per heavy atom. The zero-order valence-electron chi connectivity index (χ0n) is 10.8. The SMILES string of the molecule is COc1ccccc1Sc1ccc(CO)cc1[N+](=O)[O-]. The summed E-state index contributed by atoms with van der Waals surface area (Å²) in [5, 5.41) is 20.2. The molecule has 0 aromatic heterocycles. The van der Waals surface area contributed by atoms with Gasteiger partial charge in [-0.15, -0.1) is 0 Å². The Balaban J connectivity index is 2.40. The van der Waals surface area contributed by atoms with E-state index in [0.29, 0.717) is 16.2 Å². The zero-order valence-corrected chi connectivity index (χ0v) is 11.6. The van der Waals surface area contributed by atoms with E-state index in [4.69, 9.17) is 9.84 Å². The van der Waals surface area contributed by atoms with E-state index >= 15 is 0 Å². The van der Waals surface area contributed by atoms with Crippen LogP contribution < -0.4 is 4.74 Å². The molecule has 2 aromatic rings. The lowest BCUT2D eigenvalue weighted by atomic mass is 10.2. The summed E-state index contributed by atoms with van der Waals surface area (Å²) in [6.45, 7) is -0.222. The highest BCUT2D eigenvalue weighted by Crippen LogP contribution is 2.39. The van der Waals surface area contributed by atoms with Crippen LogP contribution in [0.1, 0.15) is 5.56 Å². The minimum absolute atomic E-state index is 0.0209. The number of methoxy groups -OCH3 is 1. The maximum absolute atomic E-state index is 11.1. The smallest absolute Gasteiger partial charge is 0.283 e. The van der Waals surface area contributed by atoms with Crippen molar-refractivity contribution in [2.45, 2.75) is 16.4 Å². The first-order chi connectivity index (χ1) is 9.65. The highest BCUT2D eigenvalue weighted by atomic mass is 32.2. The summed E-state index contributed by atoms with van der Waals surface area (Å²) in [6.07, 6.45) is 0. The second-order valence-corrected chi connectivity index (χ2v) is 5.05. The third-order valence-electron chi connectivity index (χ3n) is 2.69. The number of nitrogens with zero attached hydrogens (tertiary/aromatic N) is 1. The summed E-state index contributed by atoms with van der Waals surface area (Å²) in [4.78, 5) is 12.0. The van der Waals surface area contributed by atoms with Crippen LogP contribution in [0.5, 0.6) is 5.75 Å². The second-order valence-electron chi connectivity index (χ2n) is 3.97. The summed E-state index contributed by atoms with van der Waals surface area (Å²) in [7, 11) is 1.56. The number of para-hydroxylation sites is 1. The van der Waals surface area contributed by atoms with Crippen LogP contribution in [-0.4, -0.2) is 17.1 Å². The summed E-state index contributed by atoms with van der Waals surface area (Å²) >= 11 is 1.26. The first-order valence-corrected chi connectivity index (χ1v) is 6.66. The Morgan fingerprint density at radius 2 is 2.00 bits per heavy atom. The molecule has 0 aliphatic carbocycles. The van der Waals surface area contributed by atoms with Crippen molar-refractivity contribution in [2.24, 2.45) is 0 Å². The van der Waals surface area contributed by atoms with Gasteiger partial charge in [0.1, 0.15) is 5.75 Å². The van der Waals surface area contributed by atoms with Crippen LogP contribution in [0.25, 0.3) is 0 Å². The van der Waals surface area contributed by atoms with E-state index in [2.05, 4.69) is 0 Å². The Labute approximate surface area is 120 Å². The Kier molecular flexibility index (Phi) is 4.60. The van der Waals surface area contributed by atoms with Gasteiger partial charge >= 0.3 is 0 Å². The van der Waals surface area contributed by atoms with Crippen molar-refractivity contribution in [2.75, 3.05) is 7.11 Å². The molecule has 0 saturated carbocycles. The molecule has 0 amide bonds. The topological polar surface area (TPSA) is 72.6 Å². The molecule has 0 atom stereocenters. The lowest BCUT2D eigenvalue weighted by Gasteiger charge is -2.08. The maximum atomic E-state index is 11.1. The Bertz CT molecular complexity index is 630. The lowest BCUT2D eigenvalue weighted by molar-refractivity contribution is -0.387. The molecule has 6 heteroatoms. The largest absolute Gasteiger partial charge is 0.496 e. The number of aliphatic hydroxyl groups is 1. The molecule has 2 aromatic carbocycles. The van der Waals surface area contributed by atoms with Crippen LogP contribution in [0.3, 0.4) is 0 Å². The number of rotatable bonds is 5. The number of ether oxygens (including phenoxy) is 1. The highest BCUT2D eigenvalue weighted by Gasteiger charge is 2.17. The van der Waals surface area contributed by atoms with E-state index < -0.39 is 4.92 Å². The van der Waals surface area contributed by atoms with Gasteiger partial charge in [0, 0.05) is 6.07 Å². The molecule has 0 radical (unpaired) electrons. The average Bonchev–Trinajstić information content (AvgIpc) is 2.48. The van der Waals surface area contributed by atoms with Gasteiger partial charge in [0.15, 0.2) is 0 Å². The summed E-state index contributed by atoms with van der Waals surface area (Å²) in [6, 6.07) is 12.0. The molecular formula is C14H13NO4S. The van der Waals surface area contributed by atoms with E-state index in [0.717, 1.165) is 4.90 Å². The summed E-state index contributed by atoms with van der Waals surface area (Å²) in [5.41, 5.74) is 0.494. The van der Waals surface area contributed by atoms with Crippen molar-refractivity contribution in [1.82, 2.24) is 0 Å². The van der Waals surface area contributed by atoms with E-state index in [-0.39, 0.29) is 12.3 Å². The number of nitro benzene ring substituents is 1. The van der Waals surface area contributed by atoms with Crippen LogP contribution >= 0.6 is 11.8 Å². The van der Waals surface area contributed by atoms with Crippen LogP contribution in [0, 0.1) is 10.1 Å². The number of benzene rings is 2. The normalized spacial score (nSPS) is 10.3. The van der Waals surface area contributed by atoms with Crippen molar-refractivity contribution >= 4 is 17.4 Å². The Morgan fingerprint density at radius 3 is 2.65 bits per heavy atom. The monoisotopic (exact) mass is 291 g/mol. The minimum Gasteiger partial charge on any atom is -0.496 e. The van der Waals surface area contributed by atoms with Crippen molar-refractivity contribution < 1.29 is 14.8 Å². The zero-order chi connectivity index (χ0) is 14.5. The standard InChI is InChI=1S/C14H13NO4S/c1-19-12-4-2-3-5-14(12)20-13-7-6-10(9-16)8-11(13)15(17)18/h2-8,16H,9H2,1H3. The van der Waals surface area contributed by atoms with Crippen LogP contribution in [0.4, 0.5) is 5.69 Å². The Hall–Kier alpha value is -2.05. The molecule has 0 saturated heterocycles. The van der Waals surface area contributed by atoms with Crippen LogP contribution in [0.2, 0.25) is 0 Å². The van der Waals surface area contributed by atoms with Crippen molar-refractivity contribution in [3.63, 3.8) is 0 Å². The van der Waals surface area contributed by atoms with Crippen LogP contribution in [0.15, 0.2) is 52.3 Å². The fraction of sp³-hybridized carbons (Fsp3) is 0.143. The molecule has 104 valence electrons. The first-order valence-electron chi connectivity index (χ1n) is 5.84. The summed E-state index contributed by atoms with van der Waals surface area (Å²) in [5.74, 6) is 0.665. The minimum atomic E-state index is -0.448. The molecule has 0 bridgehead atoms. The van der Waals surface area contributed by atoms with E-state index in [1.54, 1.807) is 25.3 Å². The van der Waals surface area contributed by atoms with Gasteiger partial charge in [-0.05, 0) is 23.8 Å². The fourth-order valence-corrected chi connectivity index (χ4v) is 2.72. The molecule has 0 aliphatic rings. The van der Waals surface area contributed by atoms with E-state index in [1.807, 2.05) is 18.2 Å². The quantitative estimate of drug-likeness (QED) is 0.676. The van der Waals surface area contributed by atoms with Gasteiger partial charge in [0.2, 0.25) is 0 Å². The third kappa shape index (κ3) is 3.09. The van der Waals surface area contributed by atoms with Gasteiger partial charge in [0.05, 0.1) is 28.4 Å². The molecule has 0 unspecified atom stereocenters. The highest BCUT2D eigenvalue weighted by molar-refractivity contribution is 7.99. The number of hydrogen-bond acceptors (Lipinski definition) is 5. The van der Waals surface area contributed by atoms with Gasteiger partial charge in [-0.25, -0.2) is 0 Å². The van der Waals surface area contributed by atoms with Crippen LogP contribution in [-0.2, 0) is 6.61 Å². The lowest BCUT2D eigenvalue weighted by Crippen LogP contribution is -1.94. The maximum Gasteiger partial charge on any atom is 0.283 e. The molecule has 5 nitrogen and oxygen atoms in total. The molecule has 0 heterocycles. The second kappa shape index (κ2) is 6.40. The molecular weight excluding hydrogens is 278 g/mol. The number of aliphatic hydroxyl groups excluding tert-OH is 1. The van der Waals surface area contributed by atoms with Gasteiger partial charge in [0.25, 0.3) is 5.69 Å². The van der Waals surface area contributed by atoms with E-state index in [1.165, 1.54) is 17.8 Å². The number of nitro groups is 1. The predicted octanol–water partition coefficient (Wildman–Crippen LogP) is 3.25. The van der Waals surface area contributed by atoms with Gasteiger partial charge in [-0.1, -0.05) is 30.0 Å². The van der Waals surface area contributed by atoms with Gasteiger partial charge in [-0.3, -0.25) is 10.1 Å². The summed E-state index contributed by atoms with van der Waals surface area (Å²) < 4.78 is 5.23. The molecule has 0 spiro atoms. The van der Waals surface area contributed by atoms with E-state index in [9.17, 15) is 10.1 Å².